The molecule has 0 heterocycles. The summed E-state index contributed by atoms with van der Waals surface area (Å²) in [6.07, 6.45) is 0. The van der Waals surface area contributed by atoms with E-state index in [0.717, 1.165) is 0 Å². The van der Waals surface area contributed by atoms with Gasteiger partial charge in [0, 0.05) is 7.11 Å². The minimum Gasteiger partial charge on any atom is -0.413 e. The molecule has 0 aliphatic rings. The summed E-state index contributed by atoms with van der Waals surface area (Å²) in [5.74, 6) is 0. The summed E-state index contributed by atoms with van der Waals surface area (Å²) in [4.78, 5) is 0. The lowest BCUT2D eigenvalue weighted by atomic mass is 10.3. The van der Waals surface area contributed by atoms with Gasteiger partial charge < -0.3 is 17.5 Å². The van der Waals surface area contributed by atoms with E-state index in [2.05, 4.69) is 0 Å². The first-order chi connectivity index (χ1) is 7.35. The average molecular weight is 302 g/mol. The molecule has 0 unspecified atom stereocenters. The van der Waals surface area contributed by atoms with E-state index in [1.165, 1.54) is 33.3 Å². The lowest BCUT2D eigenvalue weighted by molar-refractivity contribution is 0.211. The van der Waals surface area contributed by atoms with Crippen LogP contribution >= 0.6 is 0 Å². The summed E-state index contributed by atoms with van der Waals surface area (Å²) in [7, 11) is -8.98. The number of rotatable bonds is 7. The summed E-state index contributed by atoms with van der Waals surface area (Å²) in [6, 6.07) is 0. The lowest BCUT2D eigenvalue weighted by Crippen LogP contribution is -2.51. The van der Waals surface area contributed by atoms with Crippen LogP contribution in [0.25, 0.3) is 0 Å². The van der Waals surface area contributed by atoms with Crippen molar-refractivity contribution in [2.45, 2.75) is 39.3 Å². The van der Waals surface area contributed by atoms with Crippen LogP contribution in [0.4, 0.5) is 8.22 Å². The summed E-state index contributed by atoms with van der Waals surface area (Å²) < 4.78 is 47.5. The van der Waals surface area contributed by atoms with Crippen molar-refractivity contribution in [3.05, 3.63) is 0 Å². The molecule has 0 N–H and O–H groups in total. The van der Waals surface area contributed by atoms with Gasteiger partial charge in [0.15, 0.2) is 0 Å². The van der Waals surface area contributed by atoms with Crippen molar-refractivity contribution in [1.29, 1.82) is 0 Å². The third kappa shape index (κ3) is 10.1. The van der Waals surface area contributed by atoms with Crippen LogP contribution in [0.15, 0.2) is 0 Å². The molecule has 17 heavy (non-hydrogen) atoms. The highest BCUT2D eigenvalue weighted by atomic mass is 28.5. The molecule has 0 rings (SSSR count). The van der Waals surface area contributed by atoms with Gasteiger partial charge in [0.05, 0.1) is 0 Å². The Balaban J connectivity index is 4.45. The highest BCUT2D eigenvalue weighted by Gasteiger charge is 2.42. The van der Waals surface area contributed by atoms with Gasteiger partial charge in [0.25, 0.3) is 0 Å². The Morgan fingerprint density at radius 3 is 1.59 bits per heavy atom. The molecular formula is C7H21BF2O4Si3. The topological polar surface area (TPSA) is 36.9 Å². The molecule has 0 fully saturated rings. The molecule has 0 aliphatic heterocycles. The van der Waals surface area contributed by atoms with Crippen LogP contribution in [0.5, 0.6) is 0 Å². The van der Waals surface area contributed by atoms with Gasteiger partial charge in [-0.2, -0.15) is 0 Å². The summed E-state index contributed by atoms with van der Waals surface area (Å²) in [5, 5.41) is 0. The predicted molar refractivity (Wildman–Crippen MR) is 70.7 cm³/mol. The molecule has 102 valence electrons. The Morgan fingerprint density at radius 2 is 1.29 bits per heavy atom. The fourth-order valence-corrected chi connectivity index (χ4v) is 7.36. The SMILES string of the molecule is COB(O[Si](C)(C)F)O[Si](C)(C)O[Si](C)(C)F. The van der Waals surface area contributed by atoms with Gasteiger partial charge in [-0.3, -0.25) is 8.22 Å². The van der Waals surface area contributed by atoms with Crippen LogP contribution in [-0.2, 0) is 17.5 Å². The van der Waals surface area contributed by atoms with E-state index in [9.17, 15) is 8.22 Å². The third-order valence-electron chi connectivity index (χ3n) is 1.44. The standard InChI is InChI=1S/C7H21BF2O4Si3/c1-11-8(12-15(2,3)9)13-17(6,7)14-16(4,5)10/h1-7H3. The highest BCUT2D eigenvalue weighted by molar-refractivity contribution is 6.82. The van der Waals surface area contributed by atoms with E-state index >= 15 is 0 Å². The fourth-order valence-electron chi connectivity index (χ4n) is 1.19. The van der Waals surface area contributed by atoms with Crippen LogP contribution in [0, 0.1) is 0 Å². The van der Waals surface area contributed by atoms with Gasteiger partial charge in [-0.15, -0.1) is 0 Å². The maximum atomic E-state index is 13.5. The molecule has 0 aromatic heterocycles. The van der Waals surface area contributed by atoms with Gasteiger partial charge in [-0.25, -0.2) is 0 Å². The van der Waals surface area contributed by atoms with Crippen molar-refractivity contribution in [3.63, 3.8) is 0 Å². The maximum Gasteiger partial charge on any atom is 0.620 e. The van der Waals surface area contributed by atoms with E-state index in [4.69, 9.17) is 17.5 Å². The fraction of sp³-hybridized carbons (Fsp3) is 1.00. The minimum atomic E-state index is -3.27. The van der Waals surface area contributed by atoms with E-state index in [0.29, 0.717) is 0 Å². The van der Waals surface area contributed by atoms with Crippen molar-refractivity contribution >= 4 is 33.2 Å². The van der Waals surface area contributed by atoms with E-state index in [1.54, 1.807) is 13.1 Å². The molecule has 0 spiro atoms. The maximum absolute atomic E-state index is 13.5. The summed E-state index contributed by atoms with van der Waals surface area (Å²) >= 11 is 0. The highest BCUT2D eigenvalue weighted by Crippen LogP contribution is 2.19. The first-order valence-corrected chi connectivity index (χ1v) is 13.7. The summed E-state index contributed by atoms with van der Waals surface area (Å²) in [6.45, 7) is 8.91. The zero-order chi connectivity index (χ0) is 13.9. The zero-order valence-electron chi connectivity index (χ0n) is 11.5. The third-order valence-corrected chi connectivity index (χ3v) is 6.86. The van der Waals surface area contributed by atoms with Crippen molar-refractivity contribution in [1.82, 2.24) is 0 Å². The smallest absolute Gasteiger partial charge is 0.413 e. The Bertz CT molecular complexity index is 244. The first kappa shape index (κ1) is 17.4. The van der Waals surface area contributed by atoms with Crippen molar-refractivity contribution in [2.24, 2.45) is 0 Å². The number of halogens is 2. The van der Waals surface area contributed by atoms with Crippen LogP contribution in [0.1, 0.15) is 0 Å². The van der Waals surface area contributed by atoms with Gasteiger partial charge in [0.1, 0.15) is 0 Å². The van der Waals surface area contributed by atoms with E-state index in [-0.39, 0.29) is 0 Å². The molecule has 4 nitrogen and oxygen atoms in total. The molecule has 0 radical (unpaired) electrons. The van der Waals surface area contributed by atoms with Gasteiger partial charge in [-0.1, -0.05) is 0 Å². The van der Waals surface area contributed by atoms with Gasteiger partial charge >= 0.3 is 33.2 Å². The molecule has 10 heteroatoms. The van der Waals surface area contributed by atoms with Crippen LogP contribution in [-0.4, -0.2) is 40.3 Å². The second kappa shape index (κ2) is 6.04. The first-order valence-electron chi connectivity index (χ1n) is 5.31. The largest absolute Gasteiger partial charge is 0.620 e. The van der Waals surface area contributed by atoms with E-state index in [1.807, 2.05) is 0 Å². The Kier molecular flexibility index (Phi) is 6.19. The molecule has 0 amide bonds. The second-order valence-corrected chi connectivity index (χ2v) is 14.5. The molecule has 0 atom stereocenters. The molecule has 0 aliphatic carbocycles. The Hall–Kier alpha value is 0.416. The van der Waals surface area contributed by atoms with Gasteiger partial charge in [0.2, 0.25) is 0 Å². The summed E-state index contributed by atoms with van der Waals surface area (Å²) in [5.41, 5.74) is 0. The predicted octanol–water partition coefficient (Wildman–Crippen LogP) is 2.71. The van der Waals surface area contributed by atoms with Crippen LogP contribution in [0.2, 0.25) is 39.3 Å². The van der Waals surface area contributed by atoms with E-state index < -0.39 is 33.2 Å². The Labute approximate surface area is 106 Å². The van der Waals surface area contributed by atoms with Crippen LogP contribution < -0.4 is 0 Å². The molecule has 0 saturated carbocycles. The molecule has 0 saturated heterocycles. The molecule has 0 bridgehead atoms. The van der Waals surface area contributed by atoms with Crippen LogP contribution in [0.3, 0.4) is 0 Å². The normalized spacial score (nSPS) is 13.9. The molecule has 0 aromatic rings. The van der Waals surface area contributed by atoms with Crippen molar-refractivity contribution < 1.29 is 25.7 Å². The molecule has 0 aromatic carbocycles. The average Bonchev–Trinajstić information content (AvgIpc) is 1.94. The zero-order valence-corrected chi connectivity index (χ0v) is 14.5. The Morgan fingerprint density at radius 1 is 0.824 bits per heavy atom. The van der Waals surface area contributed by atoms with Crippen molar-refractivity contribution in [2.75, 3.05) is 7.11 Å². The quantitative estimate of drug-likeness (QED) is 0.535. The minimum absolute atomic E-state index is 1.14. The van der Waals surface area contributed by atoms with Crippen molar-refractivity contribution in [3.8, 4) is 0 Å². The lowest BCUT2D eigenvalue weighted by Gasteiger charge is -2.30. The van der Waals surface area contributed by atoms with Gasteiger partial charge in [-0.05, 0) is 39.3 Å². The monoisotopic (exact) mass is 302 g/mol. The number of hydrogen-bond donors (Lipinski definition) is 0. The second-order valence-electron chi connectivity index (χ2n) is 4.99. The molecular weight excluding hydrogens is 281 g/mol. The number of hydrogen-bond acceptors (Lipinski definition) is 4.